The average Bonchev–Trinajstić information content (AvgIpc) is 3.01. The Kier molecular flexibility index (Phi) is 3.25. The number of benzene rings is 1. The maximum atomic E-state index is 13.5. The predicted octanol–water partition coefficient (Wildman–Crippen LogP) is 2.97. The predicted molar refractivity (Wildman–Crippen MR) is 78.6 cm³/mol. The minimum absolute atomic E-state index is 0.495. The lowest BCUT2D eigenvalue weighted by Gasteiger charge is -2.26. The molecule has 0 spiro atoms. The van der Waals surface area contributed by atoms with Crippen LogP contribution in [0.1, 0.15) is 11.3 Å². The van der Waals surface area contributed by atoms with E-state index < -0.39 is 11.6 Å². The zero-order valence-electron chi connectivity index (χ0n) is 12.0. The van der Waals surface area contributed by atoms with Crippen LogP contribution in [0.4, 0.5) is 14.6 Å². The van der Waals surface area contributed by atoms with Gasteiger partial charge in [0, 0.05) is 36.5 Å². The monoisotopic (exact) mass is 314 g/mol. The molecule has 0 atom stereocenters. The van der Waals surface area contributed by atoms with Gasteiger partial charge in [-0.2, -0.15) is 0 Å². The first-order chi connectivity index (χ1) is 11.2. The number of halogens is 2. The Morgan fingerprint density at radius 2 is 2.04 bits per heavy atom. The van der Waals surface area contributed by atoms with Crippen molar-refractivity contribution in [3.63, 3.8) is 0 Å². The maximum Gasteiger partial charge on any atom is 0.159 e. The Morgan fingerprint density at radius 1 is 1.13 bits per heavy atom. The van der Waals surface area contributed by atoms with Crippen molar-refractivity contribution in [2.45, 2.75) is 13.0 Å². The van der Waals surface area contributed by atoms with Gasteiger partial charge in [0.1, 0.15) is 17.3 Å². The largest absolute Gasteiger partial charge is 0.360 e. The van der Waals surface area contributed by atoms with Crippen LogP contribution in [0.25, 0.3) is 11.3 Å². The number of aromatic nitrogens is 3. The Bertz CT molecular complexity index is 851. The molecule has 1 aliphatic rings. The van der Waals surface area contributed by atoms with E-state index in [1.165, 1.54) is 6.07 Å². The molecule has 1 aliphatic heterocycles. The SMILES string of the molecule is Fc1ccc(-c2noc3c2CN(c2cnccn2)CC3)cc1F. The molecule has 0 N–H and O–H groups in total. The minimum Gasteiger partial charge on any atom is -0.360 e. The Labute approximate surface area is 130 Å². The van der Waals surface area contributed by atoms with Crippen LogP contribution in [-0.4, -0.2) is 21.7 Å². The first-order valence-electron chi connectivity index (χ1n) is 7.16. The molecular weight excluding hydrogens is 302 g/mol. The summed E-state index contributed by atoms with van der Waals surface area (Å²) in [4.78, 5) is 10.4. The summed E-state index contributed by atoms with van der Waals surface area (Å²) in [5.41, 5.74) is 1.90. The van der Waals surface area contributed by atoms with Crippen LogP contribution < -0.4 is 4.90 Å². The molecule has 23 heavy (non-hydrogen) atoms. The summed E-state index contributed by atoms with van der Waals surface area (Å²) in [5, 5.41) is 4.04. The number of nitrogens with zero attached hydrogens (tertiary/aromatic N) is 4. The van der Waals surface area contributed by atoms with Crippen molar-refractivity contribution in [1.82, 2.24) is 15.1 Å². The molecule has 0 bridgehead atoms. The fraction of sp³-hybridized carbons (Fsp3) is 0.188. The highest BCUT2D eigenvalue weighted by molar-refractivity contribution is 5.65. The highest BCUT2D eigenvalue weighted by Crippen LogP contribution is 2.31. The molecule has 5 nitrogen and oxygen atoms in total. The van der Waals surface area contributed by atoms with Crippen molar-refractivity contribution >= 4 is 5.82 Å². The van der Waals surface area contributed by atoms with Crippen molar-refractivity contribution < 1.29 is 13.3 Å². The minimum atomic E-state index is -0.902. The molecule has 3 heterocycles. The second-order valence-corrected chi connectivity index (χ2v) is 5.30. The lowest BCUT2D eigenvalue weighted by molar-refractivity contribution is 0.378. The Hall–Kier alpha value is -2.83. The Balaban J connectivity index is 1.71. The smallest absolute Gasteiger partial charge is 0.159 e. The molecule has 2 aromatic heterocycles. The molecule has 4 rings (SSSR count). The van der Waals surface area contributed by atoms with Crippen molar-refractivity contribution in [2.24, 2.45) is 0 Å². The van der Waals surface area contributed by atoms with Crippen molar-refractivity contribution in [3.8, 4) is 11.3 Å². The molecule has 0 saturated carbocycles. The van der Waals surface area contributed by atoms with Crippen LogP contribution in [0.3, 0.4) is 0 Å². The van der Waals surface area contributed by atoms with Crippen LogP contribution >= 0.6 is 0 Å². The van der Waals surface area contributed by atoms with E-state index in [0.29, 0.717) is 24.2 Å². The molecule has 7 heteroatoms. The third-order valence-corrected chi connectivity index (χ3v) is 3.89. The normalized spacial score (nSPS) is 13.9. The van der Waals surface area contributed by atoms with E-state index in [1.807, 2.05) is 0 Å². The van der Waals surface area contributed by atoms with Crippen LogP contribution in [0, 0.1) is 11.6 Å². The second kappa shape index (κ2) is 5.42. The van der Waals surface area contributed by atoms with E-state index in [9.17, 15) is 8.78 Å². The van der Waals surface area contributed by atoms with Gasteiger partial charge in [-0.1, -0.05) is 5.16 Å². The molecule has 3 aromatic rings. The zero-order valence-corrected chi connectivity index (χ0v) is 12.0. The van der Waals surface area contributed by atoms with Gasteiger partial charge in [-0.3, -0.25) is 4.98 Å². The number of hydrogen-bond donors (Lipinski definition) is 0. The third kappa shape index (κ3) is 2.44. The first kappa shape index (κ1) is 13.8. The highest BCUT2D eigenvalue weighted by Gasteiger charge is 2.26. The standard InChI is InChI=1S/C16H12F2N4O/c17-12-2-1-10(7-13(12)18)16-11-9-22(6-3-14(11)23-21-16)15-8-19-4-5-20-15/h1-2,4-5,7-8H,3,6,9H2. The van der Waals surface area contributed by atoms with Gasteiger partial charge in [0.15, 0.2) is 11.6 Å². The van der Waals surface area contributed by atoms with E-state index in [0.717, 1.165) is 35.8 Å². The van der Waals surface area contributed by atoms with E-state index >= 15 is 0 Å². The zero-order chi connectivity index (χ0) is 15.8. The van der Waals surface area contributed by atoms with Crippen molar-refractivity contribution in [3.05, 3.63) is 59.7 Å². The quantitative estimate of drug-likeness (QED) is 0.728. The third-order valence-electron chi connectivity index (χ3n) is 3.89. The number of hydrogen-bond acceptors (Lipinski definition) is 5. The van der Waals surface area contributed by atoms with E-state index in [1.54, 1.807) is 18.6 Å². The van der Waals surface area contributed by atoms with E-state index in [-0.39, 0.29) is 0 Å². The number of rotatable bonds is 2. The van der Waals surface area contributed by atoms with Crippen LogP contribution in [0.15, 0.2) is 41.3 Å². The summed E-state index contributed by atoms with van der Waals surface area (Å²) in [6.07, 6.45) is 5.61. The van der Waals surface area contributed by atoms with Gasteiger partial charge in [0.25, 0.3) is 0 Å². The maximum absolute atomic E-state index is 13.5. The molecular formula is C16H12F2N4O. The second-order valence-electron chi connectivity index (χ2n) is 5.30. The fourth-order valence-electron chi connectivity index (χ4n) is 2.73. The molecule has 0 fully saturated rings. The summed E-state index contributed by atoms with van der Waals surface area (Å²) in [5.74, 6) is -0.256. The number of anilines is 1. The van der Waals surface area contributed by atoms with Gasteiger partial charge >= 0.3 is 0 Å². The van der Waals surface area contributed by atoms with Crippen LogP contribution in [0.2, 0.25) is 0 Å². The van der Waals surface area contributed by atoms with Gasteiger partial charge in [-0.15, -0.1) is 0 Å². The molecule has 0 radical (unpaired) electrons. The Morgan fingerprint density at radius 3 is 2.83 bits per heavy atom. The molecule has 116 valence electrons. The first-order valence-corrected chi connectivity index (χ1v) is 7.16. The van der Waals surface area contributed by atoms with E-state index in [4.69, 9.17) is 4.52 Å². The van der Waals surface area contributed by atoms with Gasteiger partial charge in [-0.25, -0.2) is 13.8 Å². The lowest BCUT2D eigenvalue weighted by atomic mass is 10.0. The molecule has 0 unspecified atom stereocenters. The summed E-state index contributed by atoms with van der Waals surface area (Å²) in [6, 6.07) is 3.72. The van der Waals surface area contributed by atoms with Crippen molar-refractivity contribution in [1.29, 1.82) is 0 Å². The molecule has 0 saturated heterocycles. The summed E-state index contributed by atoms with van der Waals surface area (Å²) >= 11 is 0. The van der Waals surface area contributed by atoms with Crippen LogP contribution in [0.5, 0.6) is 0 Å². The van der Waals surface area contributed by atoms with Crippen molar-refractivity contribution in [2.75, 3.05) is 11.4 Å². The summed E-state index contributed by atoms with van der Waals surface area (Å²) < 4.78 is 32.0. The van der Waals surface area contributed by atoms with Gasteiger partial charge in [0.2, 0.25) is 0 Å². The van der Waals surface area contributed by atoms with Gasteiger partial charge in [-0.05, 0) is 18.2 Å². The molecule has 0 amide bonds. The van der Waals surface area contributed by atoms with E-state index in [2.05, 4.69) is 20.0 Å². The van der Waals surface area contributed by atoms with Gasteiger partial charge < -0.3 is 9.42 Å². The number of fused-ring (bicyclic) bond motifs is 1. The lowest BCUT2D eigenvalue weighted by Crippen LogP contribution is -2.30. The van der Waals surface area contributed by atoms with Crippen LogP contribution in [-0.2, 0) is 13.0 Å². The highest BCUT2D eigenvalue weighted by atomic mass is 19.2. The van der Waals surface area contributed by atoms with Gasteiger partial charge in [0.05, 0.1) is 12.7 Å². The molecule has 0 aliphatic carbocycles. The topological polar surface area (TPSA) is 55.1 Å². The molecule has 1 aromatic carbocycles. The summed E-state index contributed by atoms with van der Waals surface area (Å²) in [7, 11) is 0. The fourth-order valence-corrected chi connectivity index (χ4v) is 2.73. The summed E-state index contributed by atoms with van der Waals surface area (Å²) in [6.45, 7) is 1.27. The average molecular weight is 314 g/mol.